The summed E-state index contributed by atoms with van der Waals surface area (Å²) >= 11 is 0. The molecule has 1 unspecified atom stereocenters. The van der Waals surface area contributed by atoms with Crippen LogP contribution in [0.1, 0.15) is 36.1 Å². The molecule has 3 aliphatic rings. The summed E-state index contributed by atoms with van der Waals surface area (Å²) in [5.74, 6) is 1.68. The highest BCUT2D eigenvalue weighted by atomic mass is 16.7. The first kappa shape index (κ1) is 14.8. The van der Waals surface area contributed by atoms with Crippen molar-refractivity contribution in [3.05, 3.63) is 41.2 Å². The van der Waals surface area contributed by atoms with E-state index in [-0.39, 0.29) is 18.1 Å². The molecule has 25 heavy (non-hydrogen) atoms. The number of carbonyl (C=O) groups is 1. The van der Waals surface area contributed by atoms with Crippen molar-refractivity contribution < 1.29 is 14.3 Å². The summed E-state index contributed by atoms with van der Waals surface area (Å²) < 4.78 is 10.8. The Morgan fingerprint density at radius 1 is 1.28 bits per heavy atom. The van der Waals surface area contributed by atoms with Crippen LogP contribution in [0.25, 0.3) is 0 Å². The quantitative estimate of drug-likeness (QED) is 0.911. The molecular weight excluding hydrogens is 318 g/mol. The van der Waals surface area contributed by atoms with E-state index in [4.69, 9.17) is 9.47 Å². The fourth-order valence-electron chi connectivity index (χ4n) is 4.55. The first-order valence-corrected chi connectivity index (χ1v) is 8.93. The van der Waals surface area contributed by atoms with Gasteiger partial charge in [0.2, 0.25) is 12.7 Å². The number of aromatic nitrogens is 2. The van der Waals surface area contributed by atoms with E-state index in [0.717, 1.165) is 55.8 Å². The van der Waals surface area contributed by atoms with Gasteiger partial charge in [0.05, 0.1) is 12.6 Å². The highest BCUT2D eigenvalue weighted by molar-refractivity contribution is 5.79. The van der Waals surface area contributed by atoms with E-state index >= 15 is 0 Å². The average molecular weight is 339 g/mol. The van der Waals surface area contributed by atoms with Gasteiger partial charge in [-0.3, -0.25) is 9.89 Å². The number of H-pyrrole nitrogens is 1. The van der Waals surface area contributed by atoms with Crippen LogP contribution in [0.5, 0.6) is 11.5 Å². The normalized spacial score (nSPS) is 23.9. The third-order valence-electron chi connectivity index (χ3n) is 5.84. The van der Waals surface area contributed by atoms with Crippen LogP contribution in [-0.2, 0) is 23.1 Å². The van der Waals surface area contributed by atoms with Gasteiger partial charge in [0.1, 0.15) is 0 Å². The molecule has 0 saturated carbocycles. The number of fused-ring (bicyclic) bond motifs is 3. The highest BCUT2D eigenvalue weighted by Crippen LogP contribution is 2.44. The number of aryl methyl sites for hydroxylation is 1. The molecule has 130 valence electrons. The van der Waals surface area contributed by atoms with Gasteiger partial charge in [-0.25, -0.2) is 0 Å². The number of ether oxygens (including phenoxy) is 2. The molecule has 1 atom stereocenters. The lowest BCUT2D eigenvalue weighted by molar-refractivity contribution is -0.132. The van der Waals surface area contributed by atoms with E-state index in [1.54, 1.807) is 0 Å². The number of aromatic amines is 1. The Morgan fingerprint density at radius 2 is 2.20 bits per heavy atom. The molecule has 1 saturated heterocycles. The van der Waals surface area contributed by atoms with E-state index in [2.05, 4.69) is 10.2 Å². The number of likely N-dealkylation sites (tertiary alicyclic amines) is 1. The lowest BCUT2D eigenvalue weighted by Crippen LogP contribution is -2.48. The molecular formula is C19H21N3O3. The van der Waals surface area contributed by atoms with Crippen LogP contribution in [0.4, 0.5) is 0 Å². The summed E-state index contributed by atoms with van der Waals surface area (Å²) in [6, 6.07) is 5.76. The van der Waals surface area contributed by atoms with Crippen molar-refractivity contribution in [2.45, 2.75) is 37.5 Å². The zero-order chi connectivity index (χ0) is 16.9. The molecule has 1 aromatic heterocycles. The second-order valence-corrected chi connectivity index (χ2v) is 7.33. The molecule has 1 aromatic carbocycles. The van der Waals surface area contributed by atoms with Crippen molar-refractivity contribution in [1.29, 1.82) is 0 Å². The summed E-state index contributed by atoms with van der Waals surface area (Å²) in [4.78, 5) is 14.9. The highest BCUT2D eigenvalue weighted by Gasteiger charge is 2.44. The number of hydrogen-bond donors (Lipinski definition) is 1. The fourth-order valence-corrected chi connectivity index (χ4v) is 4.55. The molecule has 1 spiro atoms. The molecule has 3 heterocycles. The van der Waals surface area contributed by atoms with Crippen molar-refractivity contribution in [2.24, 2.45) is 0 Å². The van der Waals surface area contributed by atoms with Gasteiger partial charge in [-0.15, -0.1) is 0 Å². The fraction of sp³-hybridized carbons (Fsp3) is 0.474. The maximum Gasteiger partial charge on any atom is 0.231 e. The van der Waals surface area contributed by atoms with E-state index in [1.165, 1.54) is 11.3 Å². The lowest BCUT2D eigenvalue weighted by atomic mass is 9.77. The van der Waals surface area contributed by atoms with E-state index < -0.39 is 0 Å². The second kappa shape index (κ2) is 5.51. The van der Waals surface area contributed by atoms with Gasteiger partial charge in [0.15, 0.2) is 11.5 Å². The van der Waals surface area contributed by atoms with Crippen molar-refractivity contribution in [2.75, 3.05) is 19.9 Å². The maximum atomic E-state index is 12.9. The van der Waals surface area contributed by atoms with E-state index in [9.17, 15) is 4.79 Å². The Labute approximate surface area is 146 Å². The molecule has 6 nitrogen and oxygen atoms in total. The van der Waals surface area contributed by atoms with Gasteiger partial charge < -0.3 is 14.4 Å². The number of benzene rings is 1. The molecule has 0 bridgehead atoms. The van der Waals surface area contributed by atoms with Gasteiger partial charge in [0.25, 0.3) is 0 Å². The number of nitrogens with zero attached hydrogens (tertiary/aromatic N) is 2. The summed E-state index contributed by atoms with van der Waals surface area (Å²) in [6.07, 6.45) is 6.71. The van der Waals surface area contributed by atoms with Gasteiger partial charge in [-0.05, 0) is 48.9 Å². The number of hydrogen-bond acceptors (Lipinski definition) is 4. The minimum atomic E-state index is 0.0780. The van der Waals surface area contributed by atoms with Gasteiger partial charge >= 0.3 is 0 Å². The number of rotatable bonds is 2. The van der Waals surface area contributed by atoms with Crippen LogP contribution in [0.2, 0.25) is 0 Å². The number of nitrogens with one attached hydrogen (secondary N) is 1. The first-order chi connectivity index (χ1) is 12.2. The second-order valence-electron chi connectivity index (χ2n) is 7.33. The number of piperidine rings is 1. The van der Waals surface area contributed by atoms with Crippen LogP contribution in [-0.4, -0.2) is 40.9 Å². The molecule has 6 heteroatoms. The zero-order valence-corrected chi connectivity index (χ0v) is 14.1. The van der Waals surface area contributed by atoms with Crippen molar-refractivity contribution in [1.82, 2.24) is 15.1 Å². The third-order valence-corrected chi connectivity index (χ3v) is 5.84. The van der Waals surface area contributed by atoms with Crippen LogP contribution >= 0.6 is 0 Å². The van der Waals surface area contributed by atoms with E-state index in [1.807, 2.05) is 29.3 Å². The molecule has 5 rings (SSSR count). The molecule has 1 aliphatic carbocycles. The molecule has 2 aliphatic heterocycles. The Morgan fingerprint density at radius 3 is 3.16 bits per heavy atom. The summed E-state index contributed by atoms with van der Waals surface area (Å²) in [5.41, 5.74) is 3.63. The largest absolute Gasteiger partial charge is 0.454 e. The van der Waals surface area contributed by atoms with Crippen LogP contribution < -0.4 is 9.47 Å². The maximum absolute atomic E-state index is 12.9. The lowest BCUT2D eigenvalue weighted by Gasteiger charge is -2.40. The van der Waals surface area contributed by atoms with Gasteiger partial charge in [0, 0.05) is 24.2 Å². The monoisotopic (exact) mass is 339 g/mol. The summed E-state index contributed by atoms with van der Waals surface area (Å²) in [7, 11) is 0. The topological polar surface area (TPSA) is 67.5 Å². The Bertz CT molecular complexity index is 831. The molecule has 1 N–H and O–H groups in total. The van der Waals surface area contributed by atoms with Crippen molar-refractivity contribution in [3.8, 4) is 11.5 Å². The number of amides is 1. The minimum absolute atomic E-state index is 0.0780. The first-order valence-electron chi connectivity index (χ1n) is 8.93. The molecule has 2 aromatic rings. The minimum Gasteiger partial charge on any atom is -0.454 e. The van der Waals surface area contributed by atoms with Crippen LogP contribution in [0.15, 0.2) is 24.4 Å². The Hall–Kier alpha value is -2.50. The predicted molar refractivity (Wildman–Crippen MR) is 90.7 cm³/mol. The van der Waals surface area contributed by atoms with Crippen molar-refractivity contribution in [3.63, 3.8) is 0 Å². The zero-order valence-electron chi connectivity index (χ0n) is 14.1. The number of carbonyl (C=O) groups excluding carboxylic acids is 1. The van der Waals surface area contributed by atoms with Crippen molar-refractivity contribution >= 4 is 5.91 Å². The summed E-state index contributed by atoms with van der Waals surface area (Å²) in [6.45, 7) is 1.90. The molecule has 1 fully saturated rings. The standard InChI is InChI=1S/C19H21N3O3/c23-17(9-13-2-3-15-16(8-13)25-12-24-15)22-7-1-5-19(11-22)6-4-14-10-20-21-18(14)19/h2-3,8,10H,1,4-7,9,11-12H2,(H,20,21). The average Bonchev–Trinajstić information content (AvgIpc) is 3.34. The Balaban J connectivity index is 1.33. The molecule has 0 radical (unpaired) electrons. The third kappa shape index (κ3) is 2.39. The SMILES string of the molecule is O=C(Cc1ccc2c(c1)OCO2)N1CCCC2(CCc3cn[nH]c32)C1. The predicted octanol–water partition coefficient (Wildman–Crippen LogP) is 2.19. The van der Waals surface area contributed by atoms with Gasteiger partial charge in [-0.1, -0.05) is 6.07 Å². The molecule has 1 amide bonds. The van der Waals surface area contributed by atoms with Crippen LogP contribution in [0, 0.1) is 0 Å². The van der Waals surface area contributed by atoms with Crippen LogP contribution in [0.3, 0.4) is 0 Å². The summed E-state index contributed by atoms with van der Waals surface area (Å²) in [5, 5.41) is 7.41. The smallest absolute Gasteiger partial charge is 0.231 e. The van der Waals surface area contributed by atoms with E-state index in [0.29, 0.717) is 6.42 Å². The van der Waals surface area contributed by atoms with Gasteiger partial charge in [-0.2, -0.15) is 5.10 Å². The Kier molecular flexibility index (Phi) is 3.26.